The van der Waals surface area contributed by atoms with E-state index in [9.17, 15) is 4.79 Å². The molecule has 3 fully saturated rings. The molecule has 3 rings (SSSR count). The van der Waals surface area contributed by atoms with E-state index in [0.29, 0.717) is 12.5 Å². The summed E-state index contributed by atoms with van der Waals surface area (Å²) in [7, 11) is 0. The normalized spacial score (nSPS) is 29.1. The van der Waals surface area contributed by atoms with Crippen LogP contribution in [-0.2, 0) is 14.3 Å². The summed E-state index contributed by atoms with van der Waals surface area (Å²) in [5.74, 6) is 0.789. The molecule has 3 heterocycles. The van der Waals surface area contributed by atoms with Gasteiger partial charge in [0.05, 0.1) is 18.8 Å². The molecule has 0 bridgehead atoms. The Morgan fingerprint density at radius 2 is 2.10 bits per heavy atom. The van der Waals surface area contributed by atoms with Crippen LogP contribution in [0.15, 0.2) is 0 Å². The molecule has 0 radical (unpaired) electrons. The van der Waals surface area contributed by atoms with E-state index in [-0.39, 0.29) is 11.5 Å². The van der Waals surface area contributed by atoms with Gasteiger partial charge in [-0.15, -0.1) is 0 Å². The van der Waals surface area contributed by atoms with Crippen LogP contribution in [-0.4, -0.2) is 73.9 Å². The van der Waals surface area contributed by atoms with Crippen LogP contribution in [0.2, 0.25) is 0 Å². The number of amides is 1. The van der Waals surface area contributed by atoms with E-state index in [1.165, 1.54) is 0 Å². The minimum Gasteiger partial charge on any atom is -0.381 e. The Hall–Kier alpha value is -0.650. The third kappa shape index (κ3) is 2.71. The molecule has 0 aromatic heterocycles. The molecule has 3 saturated heterocycles. The van der Waals surface area contributed by atoms with Crippen molar-refractivity contribution in [3.05, 3.63) is 0 Å². The topological polar surface area (TPSA) is 42.0 Å². The Kier molecular flexibility index (Phi) is 4.29. The van der Waals surface area contributed by atoms with Crippen molar-refractivity contribution in [2.24, 2.45) is 5.92 Å². The van der Waals surface area contributed by atoms with E-state index in [1.54, 1.807) is 0 Å². The second-order valence-corrected chi connectivity index (χ2v) is 6.29. The van der Waals surface area contributed by atoms with Crippen LogP contribution in [0.1, 0.15) is 26.2 Å². The Balaban J connectivity index is 1.46. The fourth-order valence-electron chi connectivity index (χ4n) is 3.71. The van der Waals surface area contributed by atoms with Crippen LogP contribution in [0.3, 0.4) is 0 Å². The van der Waals surface area contributed by atoms with Gasteiger partial charge in [0.25, 0.3) is 0 Å². The van der Waals surface area contributed by atoms with Gasteiger partial charge in [-0.1, -0.05) is 0 Å². The lowest BCUT2D eigenvalue weighted by atomic mass is 9.81. The first-order valence-electron chi connectivity index (χ1n) is 7.95. The lowest BCUT2D eigenvalue weighted by Crippen LogP contribution is -2.66. The minimum absolute atomic E-state index is 0.0273. The van der Waals surface area contributed by atoms with Crippen molar-refractivity contribution in [3.63, 3.8) is 0 Å². The molecule has 1 unspecified atom stereocenters. The van der Waals surface area contributed by atoms with Crippen LogP contribution in [0.4, 0.5) is 0 Å². The van der Waals surface area contributed by atoms with E-state index in [1.807, 2.05) is 11.8 Å². The van der Waals surface area contributed by atoms with Gasteiger partial charge in [-0.25, -0.2) is 0 Å². The molecule has 0 N–H and O–H groups in total. The number of carbonyl (C=O) groups excluding carboxylic acids is 1. The third-order valence-electron chi connectivity index (χ3n) is 4.92. The number of ether oxygens (including phenoxy) is 2. The van der Waals surface area contributed by atoms with E-state index in [2.05, 4.69) is 4.90 Å². The van der Waals surface area contributed by atoms with Gasteiger partial charge >= 0.3 is 0 Å². The molecular formula is C15H26N2O3. The highest BCUT2D eigenvalue weighted by atomic mass is 16.5. The summed E-state index contributed by atoms with van der Waals surface area (Å²) in [5.41, 5.74) is -0.0273. The zero-order chi connectivity index (χ0) is 14.0. The Morgan fingerprint density at radius 1 is 1.35 bits per heavy atom. The monoisotopic (exact) mass is 282 g/mol. The SMILES string of the molecule is CCOCC1CCOC12CN(CC(=O)N1CCCC1)C2. The molecule has 3 aliphatic rings. The van der Waals surface area contributed by atoms with Gasteiger partial charge < -0.3 is 14.4 Å². The largest absolute Gasteiger partial charge is 0.381 e. The van der Waals surface area contributed by atoms with E-state index < -0.39 is 0 Å². The quantitative estimate of drug-likeness (QED) is 0.746. The van der Waals surface area contributed by atoms with Gasteiger partial charge in [-0.05, 0) is 26.2 Å². The summed E-state index contributed by atoms with van der Waals surface area (Å²) in [6.07, 6.45) is 3.42. The highest BCUT2D eigenvalue weighted by Gasteiger charge is 2.53. The van der Waals surface area contributed by atoms with Crippen molar-refractivity contribution >= 4 is 5.91 Å². The molecule has 5 heteroatoms. The fourth-order valence-corrected chi connectivity index (χ4v) is 3.71. The van der Waals surface area contributed by atoms with Crippen LogP contribution in [0.25, 0.3) is 0 Å². The van der Waals surface area contributed by atoms with Crippen molar-refractivity contribution in [3.8, 4) is 0 Å². The van der Waals surface area contributed by atoms with Gasteiger partial charge in [-0.2, -0.15) is 0 Å². The summed E-state index contributed by atoms with van der Waals surface area (Å²) >= 11 is 0. The van der Waals surface area contributed by atoms with Crippen molar-refractivity contribution in [2.75, 3.05) is 52.5 Å². The zero-order valence-electron chi connectivity index (χ0n) is 12.5. The summed E-state index contributed by atoms with van der Waals surface area (Å²) < 4.78 is 11.5. The molecular weight excluding hydrogens is 256 g/mol. The highest BCUT2D eigenvalue weighted by Crippen LogP contribution is 2.40. The second kappa shape index (κ2) is 6.00. The number of rotatable bonds is 5. The number of hydrogen-bond acceptors (Lipinski definition) is 4. The predicted molar refractivity (Wildman–Crippen MR) is 75.5 cm³/mol. The third-order valence-corrected chi connectivity index (χ3v) is 4.92. The molecule has 5 nitrogen and oxygen atoms in total. The first-order valence-corrected chi connectivity index (χ1v) is 7.95. The standard InChI is InChI=1S/C15H26N2O3/c1-2-19-10-13-5-8-20-15(13)11-16(12-15)9-14(18)17-6-3-4-7-17/h13H,2-12H2,1H3. The lowest BCUT2D eigenvalue weighted by molar-refractivity contribution is -0.154. The van der Waals surface area contributed by atoms with Crippen molar-refractivity contribution < 1.29 is 14.3 Å². The molecule has 1 spiro atoms. The van der Waals surface area contributed by atoms with Crippen LogP contribution in [0.5, 0.6) is 0 Å². The maximum atomic E-state index is 12.1. The van der Waals surface area contributed by atoms with Crippen LogP contribution < -0.4 is 0 Å². The van der Waals surface area contributed by atoms with Crippen molar-refractivity contribution in [1.29, 1.82) is 0 Å². The van der Waals surface area contributed by atoms with Gasteiger partial charge in [0.1, 0.15) is 0 Å². The Labute approximate surface area is 121 Å². The molecule has 0 saturated carbocycles. The van der Waals surface area contributed by atoms with E-state index in [4.69, 9.17) is 9.47 Å². The van der Waals surface area contributed by atoms with Gasteiger partial charge in [0, 0.05) is 45.3 Å². The van der Waals surface area contributed by atoms with Crippen LogP contribution >= 0.6 is 0 Å². The summed E-state index contributed by atoms with van der Waals surface area (Å²) in [6, 6.07) is 0. The van der Waals surface area contributed by atoms with E-state index in [0.717, 1.165) is 65.3 Å². The molecule has 0 aromatic carbocycles. The zero-order valence-corrected chi connectivity index (χ0v) is 12.5. The number of carbonyl (C=O) groups is 1. The minimum atomic E-state index is -0.0273. The fraction of sp³-hybridized carbons (Fsp3) is 0.933. The Morgan fingerprint density at radius 3 is 2.80 bits per heavy atom. The Bertz CT molecular complexity index is 349. The first kappa shape index (κ1) is 14.3. The summed E-state index contributed by atoms with van der Waals surface area (Å²) in [4.78, 5) is 16.3. The van der Waals surface area contributed by atoms with E-state index >= 15 is 0 Å². The predicted octanol–water partition coefficient (Wildman–Crippen LogP) is 0.736. The number of nitrogens with zero attached hydrogens (tertiary/aromatic N) is 2. The average molecular weight is 282 g/mol. The first-order chi connectivity index (χ1) is 9.73. The maximum absolute atomic E-state index is 12.1. The molecule has 3 aliphatic heterocycles. The smallest absolute Gasteiger partial charge is 0.236 e. The molecule has 20 heavy (non-hydrogen) atoms. The summed E-state index contributed by atoms with van der Waals surface area (Å²) in [6.45, 7) is 8.67. The molecule has 0 aromatic rings. The lowest BCUT2D eigenvalue weighted by Gasteiger charge is -2.50. The van der Waals surface area contributed by atoms with Gasteiger partial charge in [0.15, 0.2) is 0 Å². The summed E-state index contributed by atoms with van der Waals surface area (Å²) in [5, 5.41) is 0. The molecule has 1 amide bonds. The van der Waals surface area contributed by atoms with Crippen LogP contribution in [0, 0.1) is 5.92 Å². The van der Waals surface area contributed by atoms with Gasteiger partial charge in [-0.3, -0.25) is 9.69 Å². The maximum Gasteiger partial charge on any atom is 0.236 e. The second-order valence-electron chi connectivity index (χ2n) is 6.29. The average Bonchev–Trinajstić information content (AvgIpc) is 3.05. The number of hydrogen-bond donors (Lipinski definition) is 0. The molecule has 114 valence electrons. The number of likely N-dealkylation sites (tertiary alicyclic amines) is 2. The van der Waals surface area contributed by atoms with Crippen molar-refractivity contribution in [1.82, 2.24) is 9.80 Å². The molecule has 1 atom stereocenters. The van der Waals surface area contributed by atoms with Gasteiger partial charge in [0.2, 0.25) is 5.91 Å². The van der Waals surface area contributed by atoms with Crippen molar-refractivity contribution in [2.45, 2.75) is 31.8 Å². The highest BCUT2D eigenvalue weighted by molar-refractivity contribution is 5.78. The molecule has 0 aliphatic carbocycles.